The van der Waals surface area contributed by atoms with Gasteiger partial charge in [0.25, 0.3) is 0 Å². The van der Waals surface area contributed by atoms with Crippen LogP contribution >= 0.6 is 11.3 Å². The van der Waals surface area contributed by atoms with Crippen LogP contribution in [0.4, 0.5) is 0 Å². The van der Waals surface area contributed by atoms with Crippen molar-refractivity contribution in [3.8, 4) is 22.6 Å². The number of thiophene rings is 1. The molecule has 1 atom stereocenters. The molecule has 0 amide bonds. The molecule has 2 aromatic carbocycles. The van der Waals surface area contributed by atoms with Crippen molar-refractivity contribution in [2.45, 2.75) is 12.3 Å². The molecule has 2 aromatic heterocycles. The van der Waals surface area contributed by atoms with E-state index in [0.29, 0.717) is 22.1 Å². The lowest BCUT2D eigenvalue weighted by atomic mass is 9.88. The average Bonchev–Trinajstić information content (AvgIpc) is 3.28. The molecule has 2 heterocycles. The minimum absolute atomic E-state index is 0.0106. The first kappa shape index (κ1) is 19.7. The van der Waals surface area contributed by atoms with Gasteiger partial charge in [0.2, 0.25) is 5.43 Å². The molecular formula is C23H18O6S. The molecule has 0 saturated carbocycles. The van der Waals surface area contributed by atoms with E-state index in [0.717, 1.165) is 5.56 Å². The maximum absolute atomic E-state index is 13.2. The molecule has 0 fully saturated rings. The number of rotatable bonds is 5. The summed E-state index contributed by atoms with van der Waals surface area (Å²) in [6.07, 6.45) is 1.33. The van der Waals surface area contributed by atoms with Gasteiger partial charge in [-0.25, -0.2) is 0 Å². The Morgan fingerprint density at radius 2 is 1.90 bits per heavy atom. The lowest BCUT2D eigenvalue weighted by Crippen LogP contribution is -2.12. The van der Waals surface area contributed by atoms with Gasteiger partial charge in [-0.2, -0.15) is 11.3 Å². The molecule has 0 radical (unpaired) electrons. The molecule has 0 aliphatic carbocycles. The molecule has 0 bridgehead atoms. The normalized spacial score (nSPS) is 12.0. The monoisotopic (exact) mass is 422 g/mol. The second-order valence-corrected chi connectivity index (χ2v) is 7.57. The molecule has 2 N–H and O–H groups in total. The molecule has 0 spiro atoms. The van der Waals surface area contributed by atoms with Crippen molar-refractivity contribution in [1.29, 1.82) is 0 Å². The van der Waals surface area contributed by atoms with Crippen LogP contribution in [-0.2, 0) is 9.53 Å². The first-order valence-corrected chi connectivity index (χ1v) is 10.1. The molecule has 0 saturated heterocycles. The zero-order valence-electron chi connectivity index (χ0n) is 16.0. The Morgan fingerprint density at radius 3 is 2.57 bits per heavy atom. The number of phenols is 2. The number of benzene rings is 2. The summed E-state index contributed by atoms with van der Waals surface area (Å²) in [5, 5.41) is 24.2. The Labute approximate surface area is 175 Å². The van der Waals surface area contributed by atoms with Crippen LogP contribution in [0.15, 0.2) is 68.7 Å². The van der Waals surface area contributed by atoms with Gasteiger partial charge < -0.3 is 19.4 Å². The van der Waals surface area contributed by atoms with E-state index in [1.165, 1.54) is 49.0 Å². The van der Waals surface area contributed by atoms with Crippen LogP contribution in [0.5, 0.6) is 11.5 Å². The van der Waals surface area contributed by atoms with Crippen LogP contribution in [0.25, 0.3) is 22.1 Å². The first-order chi connectivity index (χ1) is 14.5. The number of methoxy groups -OCH3 is 1. The summed E-state index contributed by atoms with van der Waals surface area (Å²) < 4.78 is 10.7. The Balaban J connectivity index is 1.92. The van der Waals surface area contributed by atoms with Crippen molar-refractivity contribution in [3.05, 3.63) is 80.8 Å². The standard InChI is InChI=1S/C23H18O6S/c1-28-20(26)10-17(14-8-9-30-12-14)21-19(25)7-6-16-22(27)18(11-29-23(16)21)13-2-4-15(24)5-3-13/h2-9,11-12,17,24-25H,10H2,1H3/t17-/m0/s1. The minimum atomic E-state index is -0.532. The first-order valence-electron chi connectivity index (χ1n) is 9.15. The van der Waals surface area contributed by atoms with Crippen molar-refractivity contribution in [2.75, 3.05) is 7.11 Å². The van der Waals surface area contributed by atoms with Gasteiger partial charge in [-0.1, -0.05) is 12.1 Å². The van der Waals surface area contributed by atoms with Gasteiger partial charge in [0.05, 0.1) is 24.5 Å². The van der Waals surface area contributed by atoms with Gasteiger partial charge in [0.15, 0.2) is 0 Å². The topological polar surface area (TPSA) is 97.0 Å². The van der Waals surface area contributed by atoms with Crippen LogP contribution in [0, 0.1) is 0 Å². The maximum atomic E-state index is 13.2. The summed E-state index contributed by atoms with van der Waals surface area (Å²) in [6, 6.07) is 11.0. The quantitative estimate of drug-likeness (QED) is 0.455. The van der Waals surface area contributed by atoms with Crippen molar-refractivity contribution < 1.29 is 24.2 Å². The molecule has 7 heteroatoms. The largest absolute Gasteiger partial charge is 0.508 e. The van der Waals surface area contributed by atoms with E-state index in [-0.39, 0.29) is 28.9 Å². The number of carbonyl (C=O) groups excluding carboxylic acids is 1. The van der Waals surface area contributed by atoms with E-state index in [1.807, 2.05) is 16.8 Å². The summed E-state index contributed by atoms with van der Waals surface area (Å²) in [6.45, 7) is 0. The van der Waals surface area contributed by atoms with Crippen LogP contribution < -0.4 is 5.43 Å². The Morgan fingerprint density at radius 1 is 1.13 bits per heavy atom. The van der Waals surface area contributed by atoms with Gasteiger partial charge >= 0.3 is 5.97 Å². The average molecular weight is 422 g/mol. The maximum Gasteiger partial charge on any atom is 0.306 e. The highest BCUT2D eigenvalue weighted by Gasteiger charge is 2.26. The van der Waals surface area contributed by atoms with Crippen molar-refractivity contribution in [1.82, 2.24) is 0 Å². The molecule has 6 nitrogen and oxygen atoms in total. The highest BCUT2D eigenvalue weighted by atomic mass is 32.1. The smallest absolute Gasteiger partial charge is 0.306 e. The summed E-state index contributed by atoms with van der Waals surface area (Å²) in [4.78, 5) is 25.2. The van der Waals surface area contributed by atoms with Gasteiger partial charge in [0.1, 0.15) is 23.3 Å². The van der Waals surface area contributed by atoms with E-state index in [4.69, 9.17) is 9.15 Å². The fraction of sp³-hybridized carbons (Fsp3) is 0.130. The highest BCUT2D eigenvalue weighted by Crippen LogP contribution is 2.40. The van der Waals surface area contributed by atoms with Gasteiger partial charge in [0, 0.05) is 11.5 Å². The van der Waals surface area contributed by atoms with E-state index in [1.54, 1.807) is 12.1 Å². The second-order valence-electron chi connectivity index (χ2n) is 6.79. The second kappa shape index (κ2) is 8.04. The molecule has 0 aliphatic heterocycles. The third-order valence-electron chi connectivity index (χ3n) is 5.03. The summed E-state index contributed by atoms with van der Waals surface area (Å²) in [5.41, 5.74) is 2.07. The van der Waals surface area contributed by atoms with E-state index in [9.17, 15) is 19.8 Å². The third-order valence-corrected chi connectivity index (χ3v) is 5.73. The molecule has 4 rings (SSSR count). The number of esters is 1. The van der Waals surface area contributed by atoms with Crippen molar-refractivity contribution >= 4 is 28.3 Å². The summed E-state index contributed by atoms with van der Waals surface area (Å²) in [7, 11) is 1.31. The number of hydrogen-bond donors (Lipinski definition) is 2. The highest BCUT2D eigenvalue weighted by molar-refractivity contribution is 7.08. The Kier molecular flexibility index (Phi) is 5.29. The summed E-state index contributed by atoms with van der Waals surface area (Å²) in [5.74, 6) is -0.943. The molecule has 30 heavy (non-hydrogen) atoms. The van der Waals surface area contributed by atoms with Crippen LogP contribution in [-0.4, -0.2) is 23.3 Å². The van der Waals surface area contributed by atoms with E-state index < -0.39 is 11.9 Å². The zero-order valence-corrected chi connectivity index (χ0v) is 16.8. The molecular weight excluding hydrogens is 404 g/mol. The summed E-state index contributed by atoms with van der Waals surface area (Å²) >= 11 is 1.47. The SMILES string of the molecule is COC(=O)C[C@@H](c1ccsc1)c1c(O)ccc2c(=O)c(-c3ccc(O)cc3)coc12. The number of ether oxygens (including phenoxy) is 1. The van der Waals surface area contributed by atoms with Crippen LogP contribution in [0.3, 0.4) is 0 Å². The van der Waals surface area contributed by atoms with Gasteiger partial charge in [-0.3, -0.25) is 9.59 Å². The van der Waals surface area contributed by atoms with E-state index >= 15 is 0 Å². The van der Waals surface area contributed by atoms with E-state index in [2.05, 4.69) is 0 Å². The van der Waals surface area contributed by atoms with Crippen LogP contribution in [0.2, 0.25) is 0 Å². The number of carbonyl (C=O) groups is 1. The number of aromatic hydroxyl groups is 2. The number of hydrogen-bond acceptors (Lipinski definition) is 7. The minimum Gasteiger partial charge on any atom is -0.508 e. The number of fused-ring (bicyclic) bond motifs is 1. The lowest BCUT2D eigenvalue weighted by Gasteiger charge is -2.18. The third kappa shape index (κ3) is 3.55. The molecule has 152 valence electrons. The predicted octanol–water partition coefficient (Wildman–Crippen LogP) is 4.63. The van der Waals surface area contributed by atoms with Crippen molar-refractivity contribution in [2.24, 2.45) is 0 Å². The predicted molar refractivity (Wildman–Crippen MR) is 114 cm³/mol. The van der Waals surface area contributed by atoms with Gasteiger partial charge in [-0.05, 0) is 52.2 Å². The Bertz CT molecular complexity index is 1260. The van der Waals surface area contributed by atoms with Crippen molar-refractivity contribution in [3.63, 3.8) is 0 Å². The Hall–Kier alpha value is -3.58. The molecule has 0 unspecified atom stereocenters. The fourth-order valence-corrected chi connectivity index (χ4v) is 4.21. The number of phenolic OH excluding ortho intramolecular Hbond substituents is 2. The molecule has 4 aromatic rings. The van der Waals surface area contributed by atoms with Gasteiger partial charge in [-0.15, -0.1) is 0 Å². The fourth-order valence-electron chi connectivity index (χ4n) is 3.50. The lowest BCUT2D eigenvalue weighted by molar-refractivity contribution is -0.140. The zero-order chi connectivity index (χ0) is 21.3. The van der Waals surface area contributed by atoms with Crippen LogP contribution in [0.1, 0.15) is 23.5 Å². The molecule has 0 aliphatic rings.